The van der Waals surface area contributed by atoms with Gasteiger partial charge in [0.1, 0.15) is 0 Å². The predicted molar refractivity (Wildman–Crippen MR) is 114 cm³/mol. The van der Waals surface area contributed by atoms with Gasteiger partial charge in [0.2, 0.25) is 0 Å². The number of rotatable bonds is 10. The second-order valence-electron chi connectivity index (χ2n) is 7.16. The van der Waals surface area contributed by atoms with Crippen molar-refractivity contribution in [1.82, 2.24) is 15.5 Å². The predicted octanol–water partition coefficient (Wildman–Crippen LogP) is 3.19. The second-order valence-corrected chi connectivity index (χ2v) is 7.16. The van der Waals surface area contributed by atoms with E-state index in [-0.39, 0.29) is 0 Å². The summed E-state index contributed by atoms with van der Waals surface area (Å²) in [7, 11) is 2.19. The van der Waals surface area contributed by atoms with E-state index in [1.807, 2.05) is 0 Å². The Morgan fingerprint density at radius 2 is 2.07 bits per heavy atom. The van der Waals surface area contributed by atoms with Crippen LogP contribution in [0.2, 0.25) is 0 Å². The highest BCUT2D eigenvalue weighted by molar-refractivity contribution is 5.79. The van der Waals surface area contributed by atoms with Crippen LogP contribution in [0.5, 0.6) is 0 Å². The Morgan fingerprint density at radius 3 is 2.78 bits per heavy atom. The van der Waals surface area contributed by atoms with E-state index in [1.54, 1.807) is 0 Å². The molecule has 0 spiro atoms. The Morgan fingerprint density at radius 1 is 1.26 bits per heavy atom. The van der Waals surface area contributed by atoms with Crippen LogP contribution in [-0.4, -0.2) is 56.8 Å². The highest BCUT2D eigenvalue weighted by Crippen LogP contribution is 2.11. The zero-order chi connectivity index (χ0) is 19.3. The zero-order valence-corrected chi connectivity index (χ0v) is 17.2. The number of hydrogen-bond acceptors (Lipinski definition) is 3. The van der Waals surface area contributed by atoms with Crippen LogP contribution in [0.1, 0.15) is 38.7 Å². The molecule has 1 aromatic carbocycles. The van der Waals surface area contributed by atoms with E-state index in [9.17, 15) is 0 Å². The lowest BCUT2D eigenvalue weighted by molar-refractivity contribution is 0.153. The van der Waals surface area contributed by atoms with Crippen LogP contribution >= 0.6 is 0 Å². The molecular weight excluding hydrogens is 336 g/mol. The molecular formula is C22H36N4O. The van der Waals surface area contributed by atoms with E-state index in [4.69, 9.17) is 9.73 Å². The first-order valence-electron chi connectivity index (χ1n) is 10.2. The number of guanidine groups is 1. The summed E-state index contributed by atoms with van der Waals surface area (Å²) in [5.74, 6) is 0.920. The summed E-state index contributed by atoms with van der Waals surface area (Å²) in [5.41, 5.74) is 2.84. The Bertz CT molecular complexity index is 585. The van der Waals surface area contributed by atoms with Crippen LogP contribution in [0.25, 0.3) is 0 Å². The van der Waals surface area contributed by atoms with Crippen LogP contribution < -0.4 is 10.6 Å². The van der Waals surface area contributed by atoms with Crippen LogP contribution in [-0.2, 0) is 11.3 Å². The van der Waals surface area contributed by atoms with Gasteiger partial charge in [0.15, 0.2) is 5.96 Å². The minimum absolute atomic E-state index is 0.490. The van der Waals surface area contributed by atoms with Gasteiger partial charge >= 0.3 is 0 Å². The maximum absolute atomic E-state index is 5.36. The summed E-state index contributed by atoms with van der Waals surface area (Å²) in [6.45, 7) is 9.60. The number of hydrogen-bond donors (Lipinski definition) is 2. The molecule has 0 fully saturated rings. The third-order valence-electron chi connectivity index (χ3n) is 4.98. The SMILES string of the molecule is CCNC(=NCCC(C)N(C)Cc1ccccc1)NCCC1=CCOCC1. The van der Waals surface area contributed by atoms with Crippen molar-refractivity contribution in [2.24, 2.45) is 4.99 Å². The molecule has 1 aromatic rings. The van der Waals surface area contributed by atoms with Gasteiger partial charge < -0.3 is 15.4 Å². The monoisotopic (exact) mass is 372 g/mol. The summed E-state index contributed by atoms with van der Waals surface area (Å²) in [6, 6.07) is 11.1. The maximum Gasteiger partial charge on any atom is 0.191 e. The average molecular weight is 373 g/mol. The molecule has 1 heterocycles. The molecule has 1 atom stereocenters. The van der Waals surface area contributed by atoms with Gasteiger partial charge in [-0.2, -0.15) is 0 Å². The van der Waals surface area contributed by atoms with Crippen LogP contribution in [0, 0.1) is 0 Å². The number of nitrogens with zero attached hydrogens (tertiary/aromatic N) is 2. The lowest BCUT2D eigenvalue weighted by Crippen LogP contribution is -2.38. The second kappa shape index (κ2) is 12.5. The largest absolute Gasteiger partial charge is 0.377 e. The molecule has 1 unspecified atom stereocenters. The van der Waals surface area contributed by atoms with Crippen LogP contribution in [0.3, 0.4) is 0 Å². The molecule has 0 aliphatic carbocycles. The average Bonchev–Trinajstić information content (AvgIpc) is 2.69. The van der Waals surface area contributed by atoms with E-state index < -0.39 is 0 Å². The van der Waals surface area contributed by atoms with Crippen LogP contribution in [0.4, 0.5) is 0 Å². The van der Waals surface area contributed by atoms with E-state index in [1.165, 1.54) is 11.1 Å². The van der Waals surface area contributed by atoms with E-state index in [2.05, 4.69) is 72.8 Å². The quantitative estimate of drug-likeness (QED) is 0.376. The Labute approximate surface area is 164 Å². The van der Waals surface area contributed by atoms with Crippen molar-refractivity contribution in [3.63, 3.8) is 0 Å². The zero-order valence-electron chi connectivity index (χ0n) is 17.2. The molecule has 0 radical (unpaired) electrons. The standard InChI is InChI=1S/C22H36N4O/c1-4-23-22(25-15-11-20-12-16-27-17-13-20)24-14-10-19(2)26(3)18-21-8-6-5-7-9-21/h5-9,12,19H,4,10-11,13-18H2,1-3H3,(H2,23,24,25). The first-order chi connectivity index (χ1) is 13.2. The van der Waals surface area contributed by atoms with Gasteiger partial charge in [-0.25, -0.2) is 0 Å². The van der Waals surface area contributed by atoms with E-state index in [0.717, 1.165) is 64.6 Å². The van der Waals surface area contributed by atoms with Gasteiger partial charge in [0.25, 0.3) is 0 Å². The fraction of sp³-hybridized carbons (Fsp3) is 0.591. The Kier molecular flexibility index (Phi) is 9.95. The van der Waals surface area contributed by atoms with Gasteiger partial charge in [0.05, 0.1) is 13.2 Å². The lowest BCUT2D eigenvalue weighted by Gasteiger charge is -2.24. The normalized spacial score (nSPS) is 16.1. The van der Waals surface area contributed by atoms with Crippen molar-refractivity contribution >= 4 is 5.96 Å². The molecule has 5 heteroatoms. The van der Waals surface area contributed by atoms with Gasteiger partial charge in [-0.15, -0.1) is 0 Å². The molecule has 0 amide bonds. The molecule has 27 heavy (non-hydrogen) atoms. The topological polar surface area (TPSA) is 48.9 Å². The maximum atomic E-state index is 5.36. The summed E-state index contributed by atoms with van der Waals surface area (Å²) >= 11 is 0. The highest BCUT2D eigenvalue weighted by Gasteiger charge is 2.09. The van der Waals surface area contributed by atoms with Crippen molar-refractivity contribution in [1.29, 1.82) is 0 Å². The first-order valence-corrected chi connectivity index (χ1v) is 10.2. The fourth-order valence-corrected chi connectivity index (χ4v) is 3.09. The van der Waals surface area contributed by atoms with Gasteiger partial charge in [-0.05, 0) is 45.7 Å². The highest BCUT2D eigenvalue weighted by atomic mass is 16.5. The minimum Gasteiger partial charge on any atom is -0.377 e. The van der Waals surface area contributed by atoms with Gasteiger partial charge in [0, 0.05) is 32.2 Å². The van der Waals surface area contributed by atoms with Gasteiger partial charge in [-0.3, -0.25) is 9.89 Å². The van der Waals surface area contributed by atoms with Crippen molar-refractivity contribution < 1.29 is 4.74 Å². The minimum atomic E-state index is 0.490. The third kappa shape index (κ3) is 8.59. The smallest absolute Gasteiger partial charge is 0.191 e. The number of benzene rings is 1. The van der Waals surface area contributed by atoms with E-state index >= 15 is 0 Å². The third-order valence-corrected chi connectivity index (χ3v) is 4.98. The van der Waals surface area contributed by atoms with Crippen LogP contribution in [0.15, 0.2) is 47.0 Å². The molecule has 150 valence electrons. The fourth-order valence-electron chi connectivity index (χ4n) is 3.09. The van der Waals surface area contributed by atoms with Crippen molar-refractivity contribution in [2.75, 3.05) is 39.9 Å². The Balaban J connectivity index is 1.71. The molecule has 2 N–H and O–H groups in total. The molecule has 0 saturated carbocycles. The molecule has 2 rings (SSSR count). The molecule has 0 bridgehead atoms. The lowest BCUT2D eigenvalue weighted by atomic mass is 10.1. The molecule has 0 saturated heterocycles. The van der Waals surface area contributed by atoms with Crippen molar-refractivity contribution in [2.45, 2.75) is 45.7 Å². The number of ether oxygens (including phenoxy) is 1. The molecule has 1 aliphatic rings. The number of nitrogens with one attached hydrogen (secondary N) is 2. The summed E-state index contributed by atoms with van der Waals surface area (Å²) in [6.07, 6.45) is 5.37. The van der Waals surface area contributed by atoms with Crippen molar-refractivity contribution in [3.8, 4) is 0 Å². The first kappa shape index (κ1) is 21.5. The Hall–Kier alpha value is -1.85. The molecule has 5 nitrogen and oxygen atoms in total. The van der Waals surface area contributed by atoms with Crippen molar-refractivity contribution in [3.05, 3.63) is 47.5 Å². The van der Waals surface area contributed by atoms with Gasteiger partial charge in [-0.1, -0.05) is 42.0 Å². The summed E-state index contributed by atoms with van der Waals surface area (Å²) in [4.78, 5) is 7.14. The summed E-state index contributed by atoms with van der Waals surface area (Å²) < 4.78 is 5.36. The van der Waals surface area contributed by atoms with E-state index in [0.29, 0.717) is 6.04 Å². The number of aliphatic imine (C=N–C) groups is 1. The molecule has 0 aromatic heterocycles. The molecule has 1 aliphatic heterocycles. The summed E-state index contributed by atoms with van der Waals surface area (Å²) in [5, 5.41) is 6.80.